The minimum Gasteiger partial charge on any atom is -0.466 e. The Morgan fingerprint density at radius 1 is 1.12 bits per heavy atom. The molecule has 0 aromatic heterocycles. The van der Waals surface area contributed by atoms with Gasteiger partial charge in [-0.1, -0.05) is 55.5 Å². The maximum Gasteiger partial charge on any atom is 0.305 e. The van der Waals surface area contributed by atoms with Crippen LogP contribution in [0.1, 0.15) is 91.9 Å². The van der Waals surface area contributed by atoms with Crippen LogP contribution in [0.5, 0.6) is 0 Å². The zero-order chi connectivity index (χ0) is 19.6. The molecule has 0 radical (unpaired) electrons. The van der Waals surface area contributed by atoms with Gasteiger partial charge >= 0.3 is 5.97 Å². The van der Waals surface area contributed by atoms with Crippen LogP contribution >= 0.6 is 15.9 Å². The number of aliphatic hydroxyl groups excluding tert-OH is 1. The summed E-state index contributed by atoms with van der Waals surface area (Å²) in [4.78, 5) is 11.9. The molecule has 0 aromatic rings. The highest BCUT2D eigenvalue weighted by molar-refractivity contribution is 9.09. The highest BCUT2D eigenvalue weighted by atomic mass is 79.9. The summed E-state index contributed by atoms with van der Waals surface area (Å²) < 4.78 is 11.0. The van der Waals surface area contributed by atoms with Crippen molar-refractivity contribution in [2.75, 3.05) is 6.61 Å². The maximum atomic E-state index is 11.8. The lowest BCUT2D eigenvalue weighted by molar-refractivity contribution is -0.144. The lowest BCUT2D eigenvalue weighted by Crippen LogP contribution is -2.16. The molecule has 0 spiro atoms. The highest BCUT2D eigenvalue weighted by Crippen LogP contribution is 2.39. The van der Waals surface area contributed by atoms with E-state index in [0.717, 1.165) is 57.8 Å². The fourth-order valence-corrected chi connectivity index (χ4v) is 3.41. The Hall–Kier alpha value is -0.130. The van der Waals surface area contributed by atoms with Gasteiger partial charge in [0.05, 0.1) is 24.4 Å². The van der Waals surface area contributed by atoms with Crippen molar-refractivity contribution < 1.29 is 19.4 Å². The van der Waals surface area contributed by atoms with Crippen LogP contribution in [0, 0.1) is 5.92 Å². The van der Waals surface area contributed by atoms with Crippen molar-refractivity contribution in [2.24, 2.45) is 5.92 Å². The Bertz CT molecular complexity index is 397. The molecule has 0 saturated carbocycles. The van der Waals surface area contributed by atoms with Crippen molar-refractivity contribution in [3.05, 3.63) is 0 Å². The zero-order valence-electron chi connectivity index (χ0n) is 17.1. The smallest absolute Gasteiger partial charge is 0.305 e. The van der Waals surface area contributed by atoms with E-state index in [0.29, 0.717) is 25.0 Å². The van der Waals surface area contributed by atoms with Gasteiger partial charge in [0.25, 0.3) is 0 Å². The summed E-state index contributed by atoms with van der Waals surface area (Å²) in [6.07, 6.45) is 9.95. The Kier molecular flexibility index (Phi) is 11.4. The van der Waals surface area contributed by atoms with Crippen molar-refractivity contribution in [3.8, 4) is 0 Å². The summed E-state index contributed by atoms with van der Waals surface area (Å²) >= 11 is 3.39. The molecule has 1 fully saturated rings. The van der Waals surface area contributed by atoms with Gasteiger partial charge in [0, 0.05) is 11.2 Å². The summed E-state index contributed by atoms with van der Waals surface area (Å²) in [7, 11) is 0. The molecule has 0 aromatic carbocycles. The van der Waals surface area contributed by atoms with E-state index in [1.807, 2.05) is 6.92 Å². The van der Waals surface area contributed by atoms with E-state index >= 15 is 0 Å². The standard InChI is InChI=1S/C21H39BrO4/c1-16(12-13-19-21(3,4)26-19)14-15-25-20(24)11-9-7-5-6-8-10-18(23)17(2)22/h16-19,23H,5-15H2,1-4H3/t16?,17-,18-,19?/m1/s1. The lowest BCUT2D eigenvalue weighted by atomic mass is 9.98. The Morgan fingerprint density at radius 3 is 2.35 bits per heavy atom. The Balaban J connectivity index is 1.87. The molecule has 2 unspecified atom stereocenters. The van der Waals surface area contributed by atoms with E-state index in [9.17, 15) is 9.90 Å². The number of ether oxygens (including phenoxy) is 2. The summed E-state index contributed by atoms with van der Waals surface area (Å²) in [5.41, 5.74) is 0.0817. The van der Waals surface area contributed by atoms with Crippen LogP contribution in [0.2, 0.25) is 0 Å². The molecule has 1 rings (SSSR count). The molecule has 1 N–H and O–H groups in total. The first kappa shape index (κ1) is 23.9. The van der Waals surface area contributed by atoms with Gasteiger partial charge in [0.2, 0.25) is 0 Å². The number of epoxide rings is 1. The summed E-state index contributed by atoms with van der Waals surface area (Å²) in [5, 5.41) is 9.70. The predicted octanol–water partition coefficient (Wildman–Crippen LogP) is 5.39. The van der Waals surface area contributed by atoms with Gasteiger partial charge < -0.3 is 14.6 Å². The van der Waals surface area contributed by atoms with E-state index in [1.54, 1.807) is 0 Å². The number of unbranched alkanes of at least 4 members (excludes halogenated alkanes) is 4. The van der Waals surface area contributed by atoms with Crippen LogP contribution in [-0.2, 0) is 14.3 Å². The van der Waals surface area contributed by atoms with Gasteiger partial charge in [-0.2, -0.15) is 0 Å². The number of carbonyl (C=O) groups is 1. The first-order chi connectivity index (χ1) is 12.2. The van der Waals surface area contributed by atoms with E-state index in [-0.39, 0.29) is 22.5 Å². The summed E-state index contributed by atoms with van der Waals surface area (Å²) in [5.74, 6) is 0.507. The number of hydrogen-bond acceptors (Lipinski definition) is 4. The van der Waals surface area contributed by atoms with Crippen LogP contribution < -0.4 is 0 Å². The number of carbonyl (C=O) groups excluding carboxylic acids is 1. The van der Waals surface area contributed by atoms with Crippen LogP contribution in [0.3, 0.4) is 0 Å². The second-order valence-corrected chi connectivity index (χ2v) is 9.90. The third kappa shape index (κ3) is 10.9. The van der Waals surface area contributed by atoms with E-state index in [4.69, 9.17) is 9.47 Å². The van der Waals surface area contributed by atoms with Crippen molar-refractivity contribution in [1.82, 2.24) is 0 Å². The molecule has 26 heavy (non-hydrogen) atoms. The molecule has 1 saturated heterocycles. The Labute approximate surface area is 168 Å². The largest absolute Gasteiger partial charge is 0.466 e. The first-order valence-electron chi connectivity index (χ1n) is 10.4. The molecule has 4 atom stereocenters. The molecule has 0 bridgehead atoms. The van der Waals surface area contributed by atoms with Crippen molar-refractivity contribution >= 4 is 21.9 Å². The number of halogens is 1. The molecule has 1 aliphatic heterocycles. The van der Waals surface area contributed by atoms with E-state index < -0.39 is 0 Å². The quantitative estimate of drug-likeness (QED) is 0.162. The van der Waals surface area contributed by atoms with Crippen LogP contribution in [0.25, 0.3) is 0 Å². The Morgan fingerprint density at radius 2 is 1.73 bits per heavy atom. The molecule has 1 heterocycles. The minimum atomic E-state index is -0.254. The second kappa shape index (κ2) is 12.4. The van der Waals surface area contributed by atoms with Crippen molar-refractivity contribution in [2.45, 2.75) is 115 Å². The van der Waals surface area contributed by atoms with E-state index in [1.165, 1.54) is 0 Å². The number of rotatable bonds is 15. The van der Waals surface area contributed by atoms with Gasteiger partial charge in [-0.25, -0.2) is 0 Å². The van der Waals surface area contributed by atoms with Crippen molar-refractivity contribution in [1.29, 1.82) is 0 Å². The van der Waals surface area contributed by atoms with Gasteiger partial charge in [-0.15, -0.1) is 0 Å². The van der Waals surface area contributed by atoms with Crippen molar-refractivity contribution in [3.63, 3.8) is 0 Å². The van der Waals surface area contributed by atoms with Crippen LogP contribution in [-0.4, -0.2) is 40.3 Å². The molecule has 154 valence electrons. The predicted molar refractivity (Wildman–Crippen MR) is 110 cm³/mol. The number of hydrogen-bond donors (Lipinski definition) is 1. The third-order valence-corrected chi connectivity index (χ3v) is 5.98. The third-order valence-electron chi connectivity index (χ3n) is 5.37. The molecule has 5 heteroatoms. The fourth-order valence-electron chi connectivity index (χ4n) is 3.15. The second-order valence-electron chi connectivity index (χ2n) is 8.45. The fraction of sp³-hybridized carbons (Fsp3) is 0.952. The van der Waals surface area contributed by atoms with Gasteiger partial charge in [-0.05, 0) is 51.9 Å². The van der Waals surface area contributed by atoms with Crippen LogP contribution in [0.15, 0.2) is 0 Å². The monoisotopic (exact) mass is 434 g/mol. The molecule has 0 amide bonds. The minimum absolute atomic E-state index is 0.0626. The SMILES string of the molecule is CC(CCOC(=O)CCCCCCC[C@@H](O)[C@@H](C)Br)CCC1OC1(C)C. The number of aliphatic hydroxyl groups is 1. The topological polar surface area (TPSA) is 59.1 Å². The normalized spacial score (nSPS) is 21.8. The summed E-state index contributed by atoms with van der Waals surface area (Å²) in [6.45, 7) is 9.00. The van der Waals surface area contributed by atoms with Crippen LogP contribution in [0.4, 0.5) is 0 Å². The van der Waals surface area contributed by atoms with Gasteiger partial charge in [0.1, 0.15) is 0 Å². The molecular weight excluding hydrogens is 396 g/mol. The average Bonchev–Trinajstić information content (AvgIpc) is 3.18. The first-order valence-corrected chi connectivity index (χ1v) is 11.3. The lowest BCUT2D eigenvalue weighted by Gasteiger charge is -2.12. The summed E-state index contributed by atoms with van der Waals surface area (Å²) in [6, 6.07) is 0. The highest BCUT2D eigenvalue weighted by Gasteiger charge is 2.46. The molecular formula is C21H39BrO4. The molecule has 0 aliphatic carbocycles. The molecule has 4 nitrogen and oxygen atoms in total. The average molecular weight is 435 g/mol. The maximum absolute atomic E-state index is 11.8. The van der Waals surface area contributed by atoms with Gasteiger partial charge in [-0.3, -0.25) is 4.79 Å². The number of esters is 1. The van der Waals surface area contributed by atoms with Gasteiger partial charge in [0.15, 0.2) is 0 Å². The zero-order valence-corrected chi connectivity index (χ0v) is 18.7. The van der Waals surface area contributed by atoms with E-state index in [2.05, 4.69) is 36.7 Å². The molecule has 1 aliphatic rings. The number of alkyl halides is 1.